The Balaban J connectivity index is 1.38. The highest BCUT2D eigenvalue weighted by atomic mass is 32.5. The van der Waals surface area contributed by atoms with E-state index in [0.29, 0.717) is 43.4 Å². The van der Waals surface area contributed by atoms with E-state index in [1.54, 1.807) is 42.5 Å². The van der Waals surface area contributed by atoms with Crippen LogP contribution in [0.25, 0.3) is 11.1 Å². The maximum absolute atomic E-state index is 13.3. The number of rotatable bonds is 8. The van der Waals surface area contributed by atoms with Crippen molar-refractivity contribution in [3.8, 4) is 11.1 Å². The van der Waals surface area contributed by atoms with Crippen molar-refractivity contribution in [1.82, 2.24) is 5.32 Å². The normalized spacial score (nSPS) is 19.9. The summed E-state index contributed by atoms with van der Waals surface area (Å²) in [4.78, 5) is 10.6. The molecule has 0 unspecified atom stereocenters. The molecule has 1 amide bonds. The van der Waals surface area contributed by atoms with Gasteiger partial charge in [0.25, 0.3) is 5.91 Å². The molecule has 1 fully saturated rings. The molecule has 0 radical (unpaired) electrons. The zero-order chi connectivity index (χ0) is 29.4. The summed E-state index contributed by atoms with van der Waals surface area (Å²) in [5.74, 6) is -0.192. The summed E-state index contributed by atoms with van der Waals surface area (Å²) in [5, 5.41) is 5.25. The van der Waals surface area contributed by atoms with Crippen LogP contribution in [0.15, 0.2) is 82.6 Å². The first kappa shape index (κ1) is 29.9. The fraction of sp³-hybridized carbons (Fsp3) is 0.321. The molecule has 3 aromatic carbocycles. The van der Waals surface area contributed by atoms with Gasteiger partial charge in [0.05, 0.1) is 10.1 Å². The minimum atomic E-state index is -9.73. The maximum atomic E-state index is 13.3. The lowest BCUT2D eigenvalue weighted by Crippen LogP contribution is -2.32. The average molecular weight is 603 g/mol. The van der Waals surface area contributed by atoms with Crippen molar-refractivity contribution in [2.24, 2.45) is 0 Å². The van der Waals surface area contributed by atoms with Crippen LogP contribution in [0.3, 0.4) is 0 Å². The topological polar surface area (TPSA) is 75.3 Å². The van der Waals surface area contributed by atoms with Gasteiger partial charge in [-0.05, 0) is 99.2 Å². The Morgan fingerprint density at radius 2 is 1.43 bits per heavy atom. The number of anilines is 1. The van der Waals surface area contributed by atoms with E-state index in [9.17, 15) is 32.6 Å². The lowest BCUT2D eigenvalue weighted by atomic mass is 9.95. The molecule has 12 heteroatoms. The molecule has 3 aromatic rings. The molecule has 218 valence electrons. The van der Waals surface area contributed by atoms with Gasteiger partial charge in [0, 0.05) is 23.3 Å². The second kappa shape index (κ2) is 10.1. The molecule has 0 spiro atoms. The number of nitrogens with one attached hydrogen (secondary N) is 2. The Morgan fingerprint density at radius 1 is 0.825 bits per heavy atom. The van der Waals surface area contributed by atoms with Gasteiger partial charge < -0.3 is 10.6 Å². The molecule has 0 bridgehead atoms. The molecule has 4 rings (SSSR count). The van der Waals surface area contributed by atoms with Gasteiger partial charge in [0.15, 0.2) is 9.84 Å². The molecule has 1 aliphatic carbocycles. The zero-order valence-electron chi connectivity index (χ0n) is 21.9. The second-order valence-corrected chi connectivity index (χ2v) is 15.0. The SMILES string of the molecule is CC(C)NC(=O)c1cccc(-c2ccc(S(=O)(=O)C3CCC(Nc4ccc(S(F)(F)(F)(F)F)cc4)CC3)cc2)c1. The first-order valence-electron chi connectivity index (χ1n) is 12.8. The summed E-state index contributed by atoms with van der Waals surface area (Å²) in [5.41, 5.74) is 2.31. The van der Waals surface area contributed by atoms with Crippen molar-refractivity contribution in [2.75, 3.05) is 5.32 Å². The van der Waals surface area contributed by atoms with Crippen molar-refractivity contribution in [3.05, 3.63) is 78.4 Å². The Labute approximate surface area is 230 Å². The molecular weight excluding hydrogens is 571 g/mol. The van der Waals surface area contributed by atoms with Gasteiger partial charge in [0.2, 0.25) is 0 Å². The van der Waals surface area contributed by atoms with E-state index in [1.807, 2.05) is 19.9 Å². The number of halogens is 5. The first-order valence-corrected chi connectivity index (χ1v) is 16.3. The van der Waals surface area contributed by atoms with Crippen molar-refractivity contribution in [1.29, 1.82) is 0 Å². The van der Waals surface area contributed by atoms with Crippen molar-refractivity contribution < 1.29 is 32.6 Å². The van der Waals surface area contributed by atoms with Gasteiger partial charge in [-0.1, -0.05) is 43.7 Å². The van der Waals surface area contributed by atoms with Crippen LogP contribution >= 0.6 is 10.2 Å². The van der Waals surface area contributed by atoms with Gasteiger partial charge in [-0.15, -0.1) is 0 Å². The van der Waals surface area contributed by atoms with Crippen molar-refractivity contribution in [2.45, 2.75) is 66.7 Å². The van der Waals surface area contributed by atoms with Gasteiger partial charge in [0.1, 0.15) is 4.90 Å². The highest BCUT2D eigenvalue weighted by Crippen LogP contribution is 3.02. The van der Waals surface area contributed by atoms with Crippen LogP contribution in [-0.4, -0.2) is 31.7 Å². The molecular formula is C28H31F5N2O3S2. The largest absolute Gasteiger partial charge is 0.382 e. The van der Waals surface area contributed by atoms with E-state index in [-0.39, 0.29) is 28.6 Å². The smallest absolute Gasteiger partial charge is 0.310 e. The Kier molecular flexibility index (Phi) is 7.51. The predicted molar refractivity (Wildman–Crippen MR) is 149 cm³/mol. The average Bonchev–Trinajstić information content (AvgIpc) is 2.88. The third kappa shape index (κ3) is 7.14. The standard InChI is InChI=1S/C28H31F5N2O3S2/c1-19(2)34-28(36)22-5-3-4-21(18-22)20-6-12-25(13-7-20)39(37,38)26-14-8-23(9-15-26)35-24-10-16-27(17-11-24)40(29,30,31,32)33/h3-7,10-13,16-19,23,26,35H,8-9,14-15H2,1-2H3,(H,34,36). The number of sulfone groups is 1. The van der Waals surface area contributed by atoms with Crippen LogP contribution in [0, 0.1) is 0 Å². The summed E-state index contributed by atoms with van der Waals surface area (Å²) < 4.78 is 91.2. The first-order chi connectivity index (χ1) is 18.4. The number of hydrogen-bond donors (Lipinski definition) is 2. The van der Waals surface area contributed by atoms with Crippen LogP contribution in [-0.2, 0) is 9.84 Å². The number of carbonyl (C=O) groups excluding carboxylic acids is 1. The van der Waals surface area contributed by atoms with Gasteiger partial charge in [-0.3, -0.25) is 4.79 Å². The Morgan fingerprint density at radius 3 is 1.98 bits per heavy atom. The van der Waals surface area contributed by atoms with E-state index >= 15 is 0 Å². The number of amides is 1. The molecule has 1 saturated carbocycles. The molecule has 0 saturated heterocycles. The van der Waals surface area contributed by atoms with Crippen LogP contribution in [0.5, 0.6) is 0 Å². The molecule has 1 aliphatic rings. The van der Waals surface area contributed by atoms with E-state index in [1.165, 1.54) is 0 Å². The molecule has 0 aliphatic heterocycles. The van der Waals surface area contributed by atoms with Crippen molar-refractivity contribution in [3.63, 3.8) is 0 Å². The molecule has 0 heterocycles. The molecule has 40 heavy (non-hydrogen) atoms. The summed E-state index contributed by atoms with van der Waals surface area (Å²) >= 11 is 0. The number of benzene rings is 3. The monoisotopic (exact) mass is 602 g/mol. The van der Waals surface area contributed by atoms with E-state index in [4.69, 9.17) is 0 Å². The fourth-order valence-corrected chi connectivity index (χ4v) is 7.22. The molecule has 0 aromatic heterocycles. The summed E-state index contributed by atoms with van der Waals surface area (Å²) in [6.45, 7) is 3.74. The van der Waals surface area contributed by atoms with Crippen LogP contribution < -0.4 is 10.6 Å². The van der Waals surface area contributed by atoms with E-state index in [0.717, 1.165) is 23.3 Å². The quantitative estimate of drug-likeness (QED) is 0.254. The fourth-order valence-electron chi connectivity index (χ4n) is 4.78. The lowest BCUT2D eigenvalue weighted by Gasteiger charge is -2.40. The van der Waals surface area contributed by atoms with Gasteiger partial charge in [-0.2, -0.15) is 0 Å². The van der Waals surface area contributed by atoms with Crippen LogP contribution in [0.4, 0.5) is 25.1 Å². The van der Waals surface area contributed by atoms with Gasteiger partial charge in [-0.25, -0.2) is 8.42 Å². The summed E-state index contributed by atoms with van der Waals surface area (Å²) in [6.07, 6.45) is 1.60. The zero-order valence-corrected chi connectivity index (χ0v) is 23.6. The summed E-state index contributed by atoms with van der Waals surface area (Å²) in [6, 6.07) is 16.0. The highest BCUT2D eigenvalue weighted by Gasteiger charge is 2.65. The number of hydrogen-bond acceptors (Lipinski definition) is 4. The third-order valence-corrected chi connectivity index (χ3v) is 10.3. The Bertz CT molecular complexity index is 1490. The van der Waals surface area contributed by atoms with E-state index < -0.39 is 30.2 Å². The van der Waals surface area contributed by atoms with E-state index in [2.05, 4.69) is 10.6 Å². The minimum Gasteiger partial charge on any atom is -0.382 e. The van der Waals surface area contributed by atoms with Gasteiger partial charge >= 0.3 is 10.2 Å². The number of carbonyl (C=O) groups is 1. The highest BCUT2D eigenvalue weighted by molar-refractivity contribution is 8.45. The molecule has 2 N–H and O–H groups in total. The minimum absolute atomic E-state index is 0.00637. The van der Waals surface area contributed by atoms with Crippen LogP contribution in [0.1, 0.15) is 49.9 Å². The predicted octanol–water partition coefficient (Wildman–Crippen LogP) is 8.35. The molecule has 5 nitrogen and oxygen atoms in total. The second-order valence-electron chi connectivity index (χ2n) is 10.4. The summed E-state index contributed by atoms with van der Waals surface area (Å²) in [7, 11) is -13.4. The lowest BCUT2D eigenvalue weighted by molar-refractivity contribution is 0.0943. The maximum Gasteiger partial charge on any atom is 0.310 e. The van der Waals surface area contributed by atoms with Crippen LogP contribution in [0.2, 0.25) is 0 Å². The van der Waals surface area contributed by atoms with Crippen molar-refractivity contribution >= 4 is 31.7 Å². The Hall–Kier alpha value is -3.12. The molecule has 0 atom stereocenters. The third-order valence-electron chi connectivity index (χ3n) is 6.84.